The van der Waals surface area contributed by atoms with Crippen molar-refractivity contribution in [1.82, 2.24) is 4.98 Å². The lowest BCUT2D eigenvalue weighted by Crippen LogP contribution is -2.32. The molecule has 1 fully saturated rings. The molecule has 3 nitrogen and oxygen atoms in total. The van der Waals surface area contributed by atoms with E-state index in [4.69, 9.17) is 0 Å². The Morgan fingerprint density at radius 1 is 1.32 bits per heavy atom. The molecule has 0 amide bonds. The van der Waals surface area contributed by atoms with E-state index in [1.54, 1.807) is 11.3 Å². The SMILES string of the molecule is Cc1ncsc1CCC1(C(=O)O)CCCCCCC1. The maximum atomic E-state index is 11.8. The van der Waals surface area contributed by atoms with Crippen LogP contribution in [0, 0.1) is 12.3 Å². The van der Waals surface area contributed by atoms with Crippen LogP contribution in [0.25, 0.3) is 0 Å². The minimum absolute atomic E-state index is 0.489. The highest BCUT2D eigenvalue weighted by molar-refractivity contribution is 7.09. The average Bonchev–Trinajstić information content (AvgIpc) is 2.74. The highest BCUT2D eigenvalue weighted by atomic mass is 32.1. The molecular weight excluding hydrogens is 258 g/mol. The standard InChI is InChI=1S/C15H23NO2S/c1-12-13(19-11-16-12)7-10-15(14(17)18)8-5-3-2-4-6-9-15/h11H,2-10H2,1H3,(H,17,18). The number of hydrogen-bond acceptors (Lipinski definition) is 3. The molecule has 0 radical (unpaired) electrons. The highest BCUT2D eigenvalue weighted by Gasteiger charge is 2.37. The normalized spacial score (nSPS) is 19.6. The predicted molar refractivity (Wildman–Crippen MR) is 77.6 cm³/mol. The largest absolute Gasteiger partial charge is 0.481 e. The van der Waals surface area contributed by atoms with E-state index in [0.29, 0.717) is 0 Å². The summed E-state index contributed by atoms with van der Waals surface area (Å²) in [4.78, 5) is 17.3. The number of carboxylic acid groups (broad SMARTS) is 1. The molecule has 19 heavy (non-hydrogen) atoms. The zero-order chi connectivity index (χ0) is 13.7. The van der Waals surface area contributed by atoms with Crippen LogP contribution in [0.3, 0.4) is 0 Å². The number of hydrogen-bond donors (Lipinski definition) is 1. The summed E-state index contributed by atoms with van der Waals surface area (Å²) in [7, 11) is 0. The second-order valence-corrected chi connectivity index (χ2v) is 6.65. The first-order chi connectivity index (χ1) is 9.14. The van der Waals surface area contributed by atoms with Gasteiger partial charge in [0, 0.05) is 4.88 Å². The third-order valence-corrected chi connectivity index (χ3v) is 5.43. The van der Waals surface area contributed by atoms with Crippen molar-refractivity contribution in [2.24, 2.45) is 5.41 Å². The van der Waals surface area contributed by atoms with Gasteiger partial charge in [0.05, 0.1) is 16.6 Å². The van der Waals surface area contributed by atoms with Crippen molar-refractivity contribution in [1.29, 1.82) is 0 Å². The summed E-state index contributed by atoms with van der Waals surface area (Å²) in [5.41, 5.74) is 2.43. The van der Waals surface area contributed by atoms with E-state index in [0.717, 1.165) is 44.2 Å². The van der Waals surface area contributed by atoms with Crippen LogP contribution in [0.1, 0.15) is 61.9 Å². The van der Waals surface area contributed by atoms with E-state index in [9.17, 15) is 9.90 Å². The number of rotatable bonds is 4. The molecule has 0 bridgehead atoms. The van der Waals surface area contributed by atoms with E-state index in [2.05, 4.69) is 4.98 Å². The van der Waals surface area contributed by atoms with Crippen molar-refractivity contribution in [3.05, 3.63) is 16.1 Å². The van der Waals surface area contributed by atoms with Gasteiger partial charge in [-0.15, -0.1) is 11.3 Å². The Morgan fingerprint density at radius 2 is 1.95 bits per heavy atom. The van der Waals surface area contributed by atoms with Crippen molar-refractivity contribution in [2.45, 2.75) is 64.7 Å². The van der Waals surface area contributed by atoms with Gasteiger partial charge in [0.2, 0.25) is 0 Å². The lowest BCUT2D eigenvalue weighted by Gasteiger charge is -2.31. The van der Waals surface area contributed by atoms with E-state index >= 15 is 0 Å². The van der Waals surface area contributed by atoms with Gasteiger partial charge in [-0.25, -0.2) is 4.98 Å². The first kappa shape index (κ1) is 14.5. The molecule has 4 heteroatoms. The van der Waals surface area contributed by atoms with Gasteiger partial charge < -0.3 is 5.11 Å². The Hall–Kier alpha value is -0.900. The van der Waals surface area contributed by atoms with Gasteiger partial charge in [0.1, 0.15) is 0 Å². The van der Waals surface area contributed by atoms with Gasteiger partial charge in [-0.3, -0.25) is 4.79 Å². The summed E-state index contributed by atoms with van der Waals surface area (Å²) in [5.74, 6) is -0.587. The van der Waals surface area contributed by atoms with Crippen LogP contribution in [-0.2, 0) is 11.2 Å². The maximum Gasteiger partial charge on any atom is 0.309 e. The summed E-state index contributed by atoms with van der Waals surface area (Å²) < 4.78 is 0. The number of nitrogens with zero attached hydrogens (tertiary/aromatic N) is 1. The molecule has 0 aromatic carbocycles. The Balaban J connectivity index is 2.05. The quantitative estimate of drug-likeness (QED) is 0.899. The molecule has 1 aliphatic rings. The molecule has 1 saturated carbocycles. The third-order valence-electron chi connectivity index (χ3n) is 4.44. The Kier molecular flexibility index (Phi) is 4.97. The minimum Gasteiger partial charge on any atom is -0.481 e. The van der Waals surface area contributed by atoms with Crippen molar-refractivity contribution < 1.29 is 9.90 Å². The zero-order valence-electron chi connectivity index (χ0n) is 11.7. The molecule has 1 heterocycles. The molecule has 0 atom stereocenters. The van der Waals surface area contributed by atoms with Crippen molar-refractivity contribution in [3.8, 4) is 0 Å². The van der Waals surface area contributed by atoms with Crippen LogP contribution in [0.5, 0.6) is 0 Å². The Labute approximate surface area is 119 Å². The van der Waals surface area contributed by atoms with E-state index in [1.807, 2.05) is 12.4 Å². The van der Waals surface area contributed by atoms with Gasteiger partial charge in [0.15, 0.2) is 0 Å². The Bertz CT molecular complexity index is 420. The number of carbonyl (C=O) groups is 1. The van der Waals surface area contributed by atoms with Crippen molar-refractivity contribution in [3.63, 3.8) is 0 Å². The monoisotopic (exact) mass is 281 g/mol. The zero-order valence-corrected chi connectivity index (χ0v) is 12.5. The molecule has 1 aromatic heterocycles. The molecule has 0 unspecified atom stereocenters. The van der Waals surface area contributed by atoms with Crippen LogP contribution in [0.2, 0.25) is 0 Å². The lowest BCUT2D eigenvalue weighted by molar-refractivity contribution is -0.150. The first-order valence-electron chi connectivity index (χ1n) is 7.26. The number of thiazole rings is 1. The van der Waals surface area contributed by atoms with Crippen LogP contribution >= 0.6 is 11.3 Å². The first-order valence-corrected chi connectivity index (χ1v) is 8.14. The molecule has 1 aliphatic carbocycles. The predicted octanol–water partition coefficient (Wildman–Crippen LogP) is 4.20. The van der Waals surface area contributed by atoms with Gasteiger partial charge in [-0.1, -0.05) is 32.1 Å². The lowest BCUT2D eigenvalue weighted by atomic mass is 9.73. The maximum absolute atomic E-state index is 11.8. The van der Waals surface area contributed by atoms with Gasteiger partial charge in [0.25, 0.3) is 0 Å². The van der Waals surface area contributed by atoms with Gasteiger partial charge in [-0.05, 0) is 32.6 Å². The van der Waals surface area contributed by atoms with Gasteiger partial charge >= 0.3 is 5.97 Å². The molecule has 0 spiro atoms. The number of aromatic nitrogens is 1. The fraction of sp³-hybridized carbons (Fsp3) is 0.733. The molecular formula is C15H23NO2S. The number of carboxylic acids is 1. The van der Waals surface area contributed by atoms with Crippen molar-refractivity contribution in [2.75, 3.05) is 0 Å². The molecule has 106 valence electrons. The number of aliphatic carboxylic acids is 1. The Morgan fingerprint density at radius 3 is 2.47 bits per heavy atom. The van der Waals surface area contributed by atoms with E-state index in [-0.39, 0.29) is 0 Å². The van der Waals surface area contributed by atoms with Crippen LogP contribution < -0.4 is 0 Å². The van der Waals surface area contributed by atoms with Crippen molar-refractivity contribution >= 4 is 17.3 Å². The van der Waals surface area contributed by atoms with Crippen LogP contribution in [-0.4, -0.2) is 16.1 Å². The average molecular weight is 281 g/mol. The second-order valence-electron chi connectivity index (χ2n) is 5.71. The molecule has 2 rings (SSSR count). The number of aryl methyl sites for hydroxylation is 2. The summed E-state index contributed by atoms with van der Waals surface area (Å²) in [6, 6.07) is 0. The summed E-state index contributed by atoms with van der Waals surface area (Å²) in [6.07, 6.45) is 9.10. The fourth-order valence-electron chi connectivity index (χ4n) is 3.07. The highest BCUT2D eigenvalue weighted by Crippen LogP contribution is 2.39. The summed E-state index contributed by atoms with van der Waals surface area (Å²) >= 11 is 1.65. The molecule has 1 N–H and O–H groups in total. The van der Waals surface area contributed by atoms with E-state index < -0.39 is 11.4 Å². The second kappa shape index (κ2) is 6.51. The van der Waals surface area contributed by atoms with Crippen LogP contribution in [0.4, 0.5) is 0 Å². The third kappa shape index (κ3) is 3.56. The molecule has 0 saturated heterocycles. The summed E-state index contributed by atoms with van der Waals surface area (Å²) in [6.45, 7) is 2.01. The van der Waals surface area contributed by atoms with Crippen LogP contribution in [0.15, 0.2) is 5.51 Å². The summed E-state index contributed by atoms with van der Waals surface area (Å²) in [5, 5.41) is 9.69. The van der Waals surface area contributed by atoms with Gasteiger partial charge in [-0.2, -0.15) is 0 Å². The smallest absolute Gasteiger partial charge is 0.309 e. The minimum atomic E-state index is -0.587. The fourth-order valence-corrected chi connectivity index (χ4v) is 3.85. The molecule has 0 aliphatic heterocycles. The molecule has 1 aromatic rings. The van der Waals surface area contributed by atoms with E-state index in [1.165, 1.54) is 24.1 Å². The topological polar surface area (TPSA) is 50.2 Å².